The van der Waals surface area contributed by atoms with Crippen LogP contribution in [0.4, 0.5) is 18.9 Å². The van der Waals surface area contributed by atoms with Crippen molar-refractivity contribution >= 4 is 5.69 Å². The number of hydrogen-bond acceptors (Lipinski definition) is 5. The Balaban J connectivity index is 1.88. The number of aliphatic hydroxyl groups is 1. The molecule has 0 radical (unpaired) electrons. The topological polar surface area (TPSA) is 72.2 Å². The normalized spacial score (nSPS) is 11.4. The lowest BCUT2D eigenvalue weighted by molar-refractivity contribution is -0.274. The van der Waals surface area contributed by atoms with Crippen LogP contribution in [0.2, 0.25) is 0 Å². The maximum Gasteiger partial charge on any atom is 0.573 e. The summed E-state index contributed by atoms with van der Waals surface area (Å²) in [5.74, 6) is -0.276. The van der Waals surface area contributed by atoms with Gasteiger partial charge in [-0.1, -0.05) is 5.21 Å². The van der Waals surface area contributed by atoms with Crippen LogP contribution in [0.15, 0.2) is 30.5 Å². The molecule has 0 amide bonds. The molecule has 2 N–H and O–H groups in total. The van der Waals surface area contributed by atoms with Crippen LogP contribution in [0.25, 0.3) is 0 Å². The average Bonchev–Trinajstić information content (AvgIpc) is 2.84. The minimum absolute atomic E-state index is 0.0309. The van der Waals surface area contributed by atoms with Gasteiger partial charge in [-0.2, -0.15) is 0 Å². The minimum atomic E-state index is -4.69. The van der Waals surface area contributed by atoms with Gasteiger partial charge in [0.15, 0.2) is 0 Å². The van der Waals surface area contributed by atoms with Gasteiger partial charge >= 0.3 is 6.36 Å². The van der Waals surface area contributed by atoms with E-state index in [1.165, 1.54) is 28.9 Å². The van der Waals surface area contributed by atoms with Crippen LogP contribution in [0, 0.1) is 0 Å². The molecule has 0 saturated heterocycles. The van der Waals surface area contributed by atoms with Crippen molar-refractivity contribution in [2.75, 3.05) is 11.9 Å². The third-order valence-electron chi connectivity index (χ3n) is 2.48. The second kappa shape index (κ2) is 6.44. The highest BCUT2D eigenvalue weighted by atomic mass is 19.4. The molecule has 0 aliphatic rings. The Morgan fingerprint density at radius 1 is 1.24 bits per heavy atom. The van der Waals surface area contributed by atoms with Crippen molar-refractivity contribution in [1.29, 1.82) is 0 Å². The highest BCUT2D eigenvalue weighted by molar-refractivity contribution is 5.46. The Labute approximate surface area is 118 Å². The van der Waals surface area contributed by atoms with Gasteiger partial charge in [-0.15, -0.1) is 18.3 Å². The molecule has 0 fully saturated rings. The van der Waals surface area contributed by atoms with E-state index in [1.807, 2.05) is 0 Å². The second-order valence-electron chi connectivity index (χ2n) is 4.12. The molecule has 2 aromatic rings. The first-order chi connectivity index (χ1) is 9.96. The second-order valence-corrected chi connectivity index (χ2v) is 4.12. The van der Waals surface area contributed by atoms with E-state index in [-0.39, 0.29) is 12.4 Å². The third-order valence-corrected chi connectivity index (χ3v) is 2.48. The Morgan fingerprint density at radius 2 is 1.95 bits per heavy atom. The molecule has 1 aromatic carbocycles. The molecular formula is C12H13F3N4O2. The number of anilines is 1. The fourth-order valence-electron chi connectivity index (χ4n) is 1.60. The van der Waals surface area contributed by atoms with E-state index in [9.17, 15) is 13.2 Å². The summed E-state index contributed by atoms with van der Waals surface area (Å²) in [5.41, 5.74) is 1.28. The van der Waals surface area contributed by atoms with Crippen LogP contribution in [-0.2, 0) is 13.1 Å². The summed E-state index contributed by atoms with van der Waals surface area (Å²) in [6, 6.07) is 5.38. The number of ether oxygens (including phenoxy) is 1. The molecular weight excluding hydrogens is 289 g/mol. The molecule has 0 atom stereocenters. The van der Waals surface area contributed by atoms with Crippen molar-refractivity contribution in [1.82, 2.24) is 15.0 Å². The van der Waals surface area contributed by atoms with Crippen molar-refractivity contribution < 1.29 is 23.0 Å². The highest BCUT2D eigenvalue weighted by Crippen LogP contribution is 2.24. The first kappa shape index (κ1) is 15.1. The van der Waals surface area contributed by atoms with Crippen molar-refractivity contribution in [3.8, 4) is 5.75 Å². The highest BCUT2D eigenvalue weighted by Gasteiger charge is 2.30. The van der Waals surface area contributed by atoms with Gasteiger partial charge in [0.25, 0.3) is 0 Å². The Hall–Kier alpha value is -2.29. The summed E-state index contributed by atoms with van der Waals surface area (Å²) in [4.78, 5) is 0. The molecule has 1 heterocycles. The number of rotatable bonds is 6. The van der Waals surface area contributed by atoms with Crippen molar-refractivity contribution in [2.24, 2.45) is 0 Å². The van der Waals surface area contributed by atoms with Crippen LogP contribution >= 0.6 is 0 Å². The number of nitrogens with zero attached hydrogens (tertiary/aromatic N) is 3. The van der Waals surface area contributed by atoms with E-state index in [0.29, 0.717) is 24.5 Å². The number of hydrogen-bond donors (Lipinski definition) is 2. The standard InChI is InChI=1S/C12H13F3N4O2/c13-12(14,15)21-11-3-1-9(2-4-11)16-7-10-8-19(5-6-20)18-17-10/h1-4,8,16,20H,5-7H2. The Morgan fingerprint density at radius 3 is 2.57 bits per heavy atom. The van der Waals surface area contributed by atoms with Crippen LogP contribution < -0.4 is 10.1 Å². The molecule has 114 valence electrons. The van der Waals surface area contributed by atoms with Gasteiger partial charge < -0.3 is 15.2 Å². The van der Waals surface area contributed by atoms with Crippen LogP contribution in [0.3, 0.4) is 0 Å². The van der Waals surface area contributed by atoms with E-state index in [1.54, 1.807) is 6.20 Å². The molecule has 2 rings (SSSR count). The number of nitrogens with one attached hydrogen (secondary N) is 1. The zero-order valence-electron chi connectivity index (χ0n) is 10.8. The molecule has 0 spiro atoms. The Bertz CT molecular complexity index is 569. The predicted octanol–water partition coefficient (Wildman–Crippen LogP) is 1.78. The summed E-state index contributed by atoms with van der Waals surface area (Å²) in [5, 5.41) is 19.4. The largest absolute Gasteiger partial charge is 0.573 e. The zero-order chi connectivity index (χ0) is 15.3. The zero-order valence-corrected chi connectivity index (χ0v) is 10.8. The quantitative estimate of drug-likeness (QED) is 0.851. The molecule has 6 nitrogen and oxygen atoms in total. The molecule has 0 aliphatic carbocycles. The van der Waals surface area contributed by atoms with Gasteiger partial charge in [0, 0.05) is 5.69 Å². The van der Waals surface area contributed by atoms with Gasteiger partial charge in [0.2, 0.25) is 0 Å². The van der Waals surface area contributed by atoms with E-state index in [2.05, 4.69) is 20.4 Å². The van der Waals surface area contributed by atoms with Crippen LogP contribution in [0.5, 0.6) is 5.75 Å². The number of benzene rings is 1. The first-order valence-electron chi connectivity index (χ1n) is 6.06. The SMILES string of the molecule is OCCn1cc(CNc2ccc(OC(F)(F)F)cc2)nn1. The lowest BCUT2D eigenvalue weighted by atomic mass is 10.3. The minimum Gasteiger partial charge on any atom is -0.406 e. The van der Waals surface area contributed by atoms with Crippen molar-refractivity contribution in [3.05, 3.63) is 36.2 Å². The molecule has 0 saturated carbocycles. The molecule has 0 bridgehead atoms. The van der Waals surface area contributed by atoms with Gasteiger partial charge in [-0.3, -0.25) is 0 Å². The maximum absolute atomic E-state index is 12.0. The Kier molecular flexibility index (Phi) is 4.63. The molecule has 0 aliphatic heterocycles. The molecule has 21 heavy (non-hydrogen) atoms. The summed E-state index contributed by atoms with van der Waals surface area (Å²) >= 11 is 0. The molecule has 9 heteroatoms. The summed E-state index contributed by atoms with van der Waals surface area (Å²) in [6.45, 7) is 0.693. The maximum atomic E-state index is 12.0. The fourth-order valence-corrected chi connectivity index (χ4v) is 1.60. The smallest absolute Gasteiger partial charge is 0.406 e. The number of aliphatic hydroxyl groups excluding tert-OH is 1. The van der Waals surface area contributed by atoms with Gasteiger partial charge in [-0.05, 0) is 24.3 Å². The lowest BCUT2D eigenvalue weighted by Gasteiger charge is -2.09. The van der Waals surface area contributed by atoms with E-state index in [4.69, 9.17) is 5.11 Å². The molecule has 0 unspecified atom stereocenters. The number of halogens is 3. The lowest BCUT2D eigenvalue weighted by Crippen LogP contribution is -2.17. The van der Waals surface area contributed by atoms with E-state index >= 15 is 0 Å². The van der Waals surface area contributed by atoms with Gasteiger partial charge in [0.05, 0.1) is 25.9 Å². The van der Waals surface area contributed by atoms with E-state index in [0.717, 1.165) is 0 Å². The molecule has 1 aromatic heterocycles. The summed E-state index contributed by atoms with van der Waals surface area (Å²) < 4.78 is 41.3. The monoisotopic (exact) mass is 302 g/mol. The van der Waals surface area contributed by atoms with Crippen LogP contribution in [-0.4, -0.2) is 33.1 Å². The average molecular weight is 302 g/mol. The summed E-state index contributed by atoms with van der Waals surface area (Å²) in [6.07, 6.45) is -3.02. The first-order valence-corrected chi connectivity index (χ1v) is 6.06. The third kappa shape index (κ3) is 4.95. The van der Waals surface area contributed by atoms with Crippen LogP contribution in [0.1, 0.15) is 5.69 Å². The van der Waals surface area contributed by atoms with Crippen molar-refractivity contribution in [2.45, 2.75) is 19.5 Å². The summed E-state index contributed by atoms with van der Waals surface area (Å²) in [7, 11) is 0. The van der Waals surface area contributed by atoms with Crippen molar-refractivity contribution in [3.63, 3.8) is 0 Å². The predicted molar refractivity (Wildman–Crippen MR) is 67.6 cm³/mol. The van der Waals surface area contributed by atoms with E-state index < -0.39 is 6.36 Å². The number of alkyl halides is 3. The number of aromatic nitrogens is 3. The fraction of sp³-hybridized carbons (Fsp3) is 0.333. The van der Waals surface area contributed by atoms with Gasteiger partial charge in [-0.25, -0.2) is 4.68 Å². The van der Waals surface area contributed by atoms with Gasteiger partial charge in [0.1, 0.15) is 11.4 Å².